The van der Waals surface area contributed by atoms with Crippen molar-refractivity contribution in [2.24, 2.45) is 0 Å². The van der Waals surface area contributed by atoms with E-state index in [-0.39, 0.29) is 6.61 Å². The molecule has 0 aliphatic heterocycles. The molecule has 146 valence electrons. The summed E-state index contributed by atoms with van der Waals surface area (Å²) in [5, 5.41) is 9.74. The van der Waals surface area contributed by atoms with Crippen LogP contribution in [0.25, 0.3) is 0 Å². The number of benzene rings is 3. The fourth-order valence-corrected chi connectivity index (χ4v) is 3.37. The van der Waals surface area contributed by atoms with E-state index < -0.39 is 0 Å². The molecule has 0 atom stereocenters. The summed E-state index contributed by atoms with van der Waals surface area (Å²) in [6, 6.07) is 20.0. The lowest BCUT2D eigenvalue weighted by molar-refractivity contribution is 0.281. The van der Waals surface area contributed by atoms with Crippen molar-refractivity contribution in [3.8, 4) is 17.2 Å². The molecule has 0 aromatic heterocycles. The van der Waals surface area contributed by atoms with Gasteiger partial charge in [0.1, 0.15) is 17.2 Å². The van der Waals surface area contributed by atoms with Crippen molar-refractivity contribution in [3.63, 3.8) is 0 Å². The van der Waals surface area contributed by atoms with Crippen molar-refractivity contribution in [1.29, 1.82) is 0 Å². The molecule has 0 spiro atoms. The number of hydrogen-bond donors (Lipinski definition) is 1. The summed E-state index contributed by atoms with van der Waals surface area (Å²) in [5.74, 6) is 2.53. The Bertz CT molecular complexity index is 828. The third kappa shape index (κ3) is 4.65. The fourth-order valence-electron chi connectivity index (χ4n) is 3.37. The van der Waals surface area contributed by atoms with E-state index in [4.69, 9.17) is 14.2 Å². The van der Waals surface area contributed by atoms with Gasteiger partial charge in [-0.15, -0.1) is 0 Å². The molecule has 0 unspecified atom stereocenters. The third-order valence-electron chi connectivity index (χ3n) is 4.80. The molecule has 0 heterocycles. The lowest BCUT2D eigenvalue weighted by atomic mass is 9.95. The van der Waals surface area contributed by atoms with Crippen LogP contribution in [0.4, 0.5) is 0 Å². The van der Waals surface area contributed by atoms with E-state index in [1.165, 1.54) is 0 Å². The molecule has 3 aromatic rings. The minimum atomic E-state index is -0.00474. The maximum Gasteiger partial charge on any atom is 0.125 e. The van der Waals surface area contributed by atoms with Crippen LogP contribution in [0.2, 0.25) is 0 Å². The lowest BCUT2D eigenvalue weighted by Gasteiger charge is -2.16. The number of methoxy groups -OCH3 is 3. The van der Waals surface area contributed by atoms with Crippen LogP contribution < -0.4 is 14.2 Å². The fraction of sp³-hybridized carbons (Fsp3) is 0.250. The first-order valence-electron chi connectivity index (χ1n) is 9.22. The Balaban J connectivity index is 1.93. The highest BCUT2D eigenvalue weighted by atomic mass is 16.5. The highest BCUT2D eigenvalue weighted by molar-refractivity contribution is 5.49. The largest absolute Gasteiger partial charge is 0.497 e. The number of rotatable bonds is 8. The summed E-state index contributed by atoms with van der Waals surface area (Å²) < 4.78 is 16.3. The third-order valence-corrected chi connectivity index (χ3v) is 4.80. The van der Waals surface area contributed by atoms with E-state index in [0.717, 1.165) is 57.9 Å². The minimum absolute atomic E-state index is 0.00474. The quantitative estimate of drug-likeness (QED) is 0.632. The Kier molecular flexibility index (Phi) is 6.56. The van der Waals surface area contributed by atoms with Crippen LogP contribution in [0, 0.1) is 0 Å². The van der Waals surface area contributed by atoms with Crippen LogP contribution >= 0.6 is 0 Å². The smallest absolute Gasteiger partial charge is 0.125 e. The van der Waals surface area contributed by atoms with Crippen LogP contribution in [0.1, 0.15) is 27.8 Å². The van der Waals surface area contributed by atoms with E-state index in [2.05, 4.69) is 0 Å². The monoisotopic (exact) mass is 378 g/mol. The molecule has 3 rings (SSSR count). The zero-order chi connectivity index (χ0) is 19.9. The second kappa shape index (κ2) is 9.29. The summed E-state index contributed by atoms with van der Waals surface area (Å²) >= 11 is 0. The first-order chi connectivity index (χ1) is 13.7. The molecule has 0 radical (unpaired) electrons. The Hall–Kier alpha value is -2.98. The lowest BCUT2D eigenvalue weighted by Crippen LogP contribution is -2.02. The van der Waals surface area contributed by atoms with Crippen molar-refractivity contribution < 1.29 is 19.3 Å². The molecule has 0 aliphatic rings. The summed E-state index contributed by atoms with van der Waals surface area (Å²) in [6.45, 7) is -0.00474. The van der Waals surface area contributed by atoms with Crippen molar-refractivity contribution >= 4 is 0 Å². The number of aliphatic hydroxyl groups excluding tert-OH is 1. The summed E-state index contributed by atoms with van der Waals surface area (Å²) in [4.78, 5) is 0. The number of ether oxygens (including phenoxy) is 3. The average Bonchev–Trinajstić information content (AvgIpc) is 2.74. The molecule has 0 aliphatic carbocycles. The van der Waals surface area contributed by atoms with Gasteiger partial charge in [-0.3, -0.25) is 0 Å². The minimum Gasteiger partial charge on any atom is -0.497 e. The van der Waals surface area contributed by atoms with E-state index in [9.17, 15) is 5.11 Å². The zero-order valence-corrected chi connectivity index (χ0v) is 16.6. The highest BCUT2D eigenvalue weighted by Gasteiger charge is 2.13. The van der Waals surface area contributed by atoms with Gasteiger partial charge in [-0.1, -0.05) is 24.3 Å². The predicted molar refractivity (Wildman–Crippen MR) is 111 cm³/mol. The van der Waals surface area contributed by atoms with Gasteiger partial charge in [-0.25, -0.2) is 0 Å². The average molecular weight is 378 g/mol. The molecule has 0 bridgehead atoms. The molecular weight excluding hydrogens is 352 g/mol. The van der Waals surface area contributed by atoms with E-state index in [1.54, 1.807) is 21.3 Å². The Morgan fingerprint density at radius 3 is 1.36 bits per heavy atom. The Morgan fingerprint density at radius 2 is 1.04 bits per heavy atom. The van der Waals surface area contributed by atoms with Gasteiger partial charge in [0.2, 0.25) is 0 Å². The maximum atomic E-state index is 9.74. The summed E-state index contributed by atoms with van der Waals surface area (Å²) in [6.07, 6.45) is 1.44. The number of hydrogen-bond acceptors (Lipinski definition) is 4. The molecule has 28 heavy (non-hydrogen) atoms. The second-order valence-electron chi connectivity index (χ2n) is 6.66. The van der Waals surface area contributed by atoms with Crippen molar-refractivity contribution in [2.75, 3.05) is 21.3 Å². The molecule has 0 saturated heterocycles. The van der Waals surface area contributed by atoms with Crippen molar-refractivity contribution in [3.05, 3.63) is 88.5 Å². The second-order valence-corrected chi connectivity index (χ2v) is 6.66. The molecule has 0 saturated carbocycles. The standard InChI is InChI=1S/C24H26O4/c1-26-22-8-4-17(5-9-22)12-20-14-19(16-25)15-21(24(20)28-3)13-18-6-10-23(27-2)11-7-18/h4-11,14-15,25H,12-13,16H2,1-3H3. The maximum absolute atomic E-state index is 9.74. The molecule has 0 fully saturated rings. The normalized spacial score (nSPS) is 10.6. The number of aliphatic hydroxyl groups is 1. The van der Waals surface area contributed by atoms with Crippen LogP contribution in [0.15, 0.2) is 60.7 Å². The SMILES string of the molecule is COc1ccc(Cc2cc(CO)cc(Cc3ccc(OC)cc3)c2OC)cc1. The van der Waals surface area contributed by atoms with Gasteiger partial charge >= 0.3 is 0 Å². The first-order valence-corrected chi connectivity index (χ1v) is 9.22. The van der Waals surface area contributed by atoms with Crippen molar-refractivity contribution in [1.82, 2.24) is 0 Å². The highest BCUT2D eigenvalue weighted by Crippen LogP contribution is 2.31. The van der Waals surface area contributed by atoms with Crippen LogP contribution in [0.5, 0.6) is 17.2 Å². The molecular formula is C24H26O4. The van der Waals surface area contributed by atoms with Gasteiger partial charge in [0, 0.05) is 12.8 Å². The molecule has 0 amide bonds. The van der Waals surface area contributed by atoms with E-state index in [1.807, 2.05) is 60.7 Å². The topological polar surface area (TPSA) is 47.9 Å². The van der Waals surface area contributed by atoms with E-state index in [0.29, 0.717) is 0 Å². The first kappa shape index (κ1) is 19.8. The predicted octanol–water partition coefficient (Wildman–Crippen LogP) is 4.39. The summed E-state index contributed by atoms with van der Waals surface area (Å²) in [7, 11) is 5.02. The molecule has 1 N–H and O–H groups in total. The van der Waals surface area contributed by atoms with Crippen LogP contribution in [-0.4, -0.2) is 26.4 Å². The van der Waals surface area contributed by atoms with Gasteiger partial charge in [0.25, 0.3) is 0 Å². The Morgan fingerprint density at radius 1 is 0.607 bits per heavy atom. The summed E-state index contributed by atoms with van der Waals surface area (Å²) in [5.41, 5.74) is 5.31. The van der Waals surface area contributed by atoms with Gasteiger partial charge < -0.3 is 19.3 Å². The van der Waals surface area contributed by atoms with Gasteiger partial charge in [-0.05, 0) is 64.2 Å². The van der Waals surface area contributed by atoms with Gasteiger partial charge in [0.05, 0.1) is 27.9 Å². The van der Waals surface area contributed by atoms with Gasteiger partial charge in [0.15, 0.2) is 0 Å². The van der Waals surface area contributed by atoms with Crippen LogP contribution in [0.3, 0.4) is 0 Å². The van der Waals surface area contributed by atoms with E-state index >= 15 is 0 Å². The van der Waals surface area contributed by atoms with Crippen molar-refractivity contribution in [2.45, 2.75) is 19.4 Å². The zero-order valence-electron chi connectivity index (χ0n) is 16.6. The molecule has 4 heteroatoms. The van der Waals surface area contributed by atoms with Crippen LogP contribution in [-0.2, 0) is 19.4 Å². The Labute approximate surface area is 166 Å². The molecule has 3 aromatic carbocycles. The van der Waals surface area contributed by atoms with Gasteiger partial charge in [-0.2, -0.15) is 0 Å². The molecule has 4 nitrogen and oxygen atoms in total.